The number of rotatable bonds is 10. The van der Waals surface area contributed by atoms with Crippen LogP contribution in [0.25, 0.3) is 0 Å². The van der Waals surface area contributed by atoms with Crippen LogP contribution in [0.15, 0.2) is 35.3 Å². The highest BCUT2D eigenvalue weighted by Crippen LogP contribution is 2.48. The molecule has 0 saturated heterocycles. The summed E-state index contributed by atoms with van der Waals surface area (Å²) in [5.41, 5.74) is 1.57. The summed E-state index contributed by atoms with van der Waals surface area (Å²) >= 11 is 0. The number of guanidine groups is 1. The van der Waals surface area contributed by atoms with Crippen LogP contribution in [0.1, 0.15) is 56.4 Å². The first-order valence-electron chi connectivity index (χ1n) is 10.6. The van der Waals surface area contributed by atoms with Crippen molar-refractivity contribution in [2.45, 2.75) is 52.6 Å². The highest BCUT2D eigenvalue weighted by atomic mass is 127. The predicted molar refractivity (Wildman–Crippen MR) is 131 cm³/mol. The summed E-state index contributed by atoms with van der Waals surface area (Å²) in [6, 6.07) is 10.6. The third kappa shape index (κ3) is 6.94. The molecule has 166 valence electrons. The predicted octanol–water partition coefficient (Wildman–Crippen LogP) is 3.74. The Morgan fingerprint density at radius 1 is 1.27 bits per heavy atom. The van der Waals surface area contributed by atoms with Crippen LogP contribution in [-0.4, -0.2) is 40.5 Å². The van der Waals surface area contributed by atoms with Gasteiger partial charge in [0.05, 0.1) is 6.04 Å². The summed E-state index contributed by atoms with van der Waals surface area (Å²) in [4.78, 5) is 4.80. The molecule has 0 aliphatic heterocycles. The minimum Gasteiger partial charge on any atom is -0.382 e. The number of ether oxygens (including phenoxy) is 1. The molecule has 1 aromatic carbocycles. The lowest BCUT2D eigenvalue weighted by Crippen LogP contribution is -2.41. The van der Waals surface area contributed by atoms with E-state index in [0.717, 1.165) is 43.8 Å². The van der Waals surface area contributed by atoms with E-state index in [4.69, 9.17) is 9.73 Å². The molecule has 0 amide bonds. The zero-order chi connectivity index (χ0) is 20.7. The Labute approximate surface area is 197 Å². The van der Waals surface area contributed by atoms with Crippen molar-refractivity contribution in [2.75, 3.05) is 19.8 Å². The fraction of sp³-hybridized carbons (Fsp3) is 0.591. The number of nitrogens with one attached hydrogen (secondary N) is 2. The number of aryl methyl sites for hydroxylation is 1. The molecule has 1 fully saturated rings. The van der Waals surface area contributed by atoms with Crippen molar-refractivity contribution in [3.05, 3.63) is 47.5 Å². The van der Waals surface area contributed by atoms with Gasteiger partial charge >= 0.3 is 0 Å². The molecular weight excluding hydrogens is 491 g/mol. The Hall–Kier alpha value is -1.68. The molecule has 1 unspecified atom stereocenters. The fourth-order valence-corrected chi connectivity index (χ4v) is 3.32. The van der Waals surface area contributed by atoms with Crippen LogP contribution < -0.4 is 10.6 Å². The summed E-state index contributed by atoms with van der Waals surface area (Å²) in [5, 5.41) is 15.5. The minimum absolute atomic E-state index is 0. The maximum atomic E-state index is 5.57. The van der Waals surface area contributed by atoms with Crippen LogP contribution in [0.2, 0.25) is 0 Å². The van der Waals surface area contributed by atoms with Gasteiger partial charge in [-0.2, -0.15) is 0 Å². The minimum atomic E-state index is 0. The quantitative estimate of drug-likeness (QED) is 0.214. The van der Waals surface area contributed by atoms with Gasteiger partial charge in [0.1, 0.15) is 12.4 Å². The maximum absolute atomic E-state index is 5.57. The van der Waals surface area contributed by atoms with E-state index in [9.17, 15) is 0 Å². The Balaban J connectivity index is 0.00000320. The molecule has 7 nitrogen and oxygen atoms in total. The molecule has 30 heavy (non-hydrogen) atoms. The average molecular weight is 526 g/mol. The lowest BCUT2D eigenvalue weighted by Gasteiger charge is -2.22. The number of halogens is 1. The molecule has 1 atom stereocenters. The first-order chi connectivity index (χ1) is 14.0. The number of aliphatic imine (C=N–C) groups is 1. The van der Waals surface area contributed by atoms with Crippen molar-refractivity contribution in [3.63, 3.8) is 0 Å². The van der Waals surface area contributed by atoms with Crippen LogP contribution >= 0.6 is 24.0 Å². The van der Waals surface area contributed by atoms with Gasteiger partial charge in [0.25, 0.3) is 0 Å². The van der Waals surface area contributed by atoms with Crippen LogP contribution in [-0.2, 0) is 18.3 Å². The first-order valence-corrected chi connectivity index (χ1v) is 10.6. The van der Waals surface area contributed by atoms with Gasteiger partial charge in [-0.25, -0.2) is 4.99 Å². The van der Waals surface area contributed by atoms with Gasteiger partial charge in [0.15, 0.2) is 11.8 Å². The van der Waals surface area contributed by atoms with E-state index in [1.165, 1.54) is 18.4 Å². The SMILES string of the molecule is CCOCCC1(CNC(=NCc2nnc(C)n2C)NC(C)c2ccccc2)CC1.I. The molecule has 8 heteroatoms. The van der Waals surface area contributed by atoms with E-state index in [-0.39, 0.29) is 30.0 Å². The second-order valence-electron chi connectivity index (χ2n) is 7.96. The van der Waals surface area contributed by atoms with E-state index >= 15 is 0 Å². The van der Waals surface area contributed by atoms with Gasteiger partial charge in [-0.15, -0.1) is 34.2 Å². The van der Waals surface area contributed by atoms with Gasteiger partial charge in [-0.3, -0.25) is 0 Å². The first kappa shape index (κ1) is 24.6. The summed E-state index contributed by atoms with van der Waals surface area (Å²) in [6.45, 7) is 9.16. The second kappa shape index (κ2) is 11.6. The summed E-state index contributed by atoms with van der Waals surface area (Å²) in [5.74, 6) is 2.56. The largest absolute Gasteiger partial charge is 0.382 e. The number of nitrogens with zero attached hydrogens (tertiary/aromatic N) is 4. The van der Waals surface area contributed by atoms with Crippen LogP contribution in [0.5, 0.6) is 0 Å². The number of hydrogen-bond acceptors (Lipinski definition) is 4. The van der Waals surface area contributed by atoms with Crippen molar-refractivity contribution >= 4 is 29.9 Å². The lowest BCUT2D eigenvalue weighted by atomic mass is 10.0. The van der Waals surface area contributed by atoms with Crippen molar-refractivity contribution in [1.29, 1.82) is 0 Å². The third-order valence-corrected chi connectivity index (χ3v) is 5.78. The van der Waals surface area contributed by atoms with E-state index in [1.54, 1.807) is 0 Å². The molecule has 0 radical (unpaired) electrons. The number of benzene rings is 1. The maximum Gasteiger partial charge on any atom is 0.192 e. The Kier molecular flexibility index (Phi) is 9.54. The number of hydrogen-bond donors (Lipinski definition) is 2. The van der Waals surface area contributed by atoms with Gasteiger partial charge in [-0.1, -0.05) is 30.3 Å². The van der Waals surface area contributed by atoms with Crippen molar-refractivity contribution in [2.24, 2.45) is 17.5 Å². The second-order valence-corrected chi connectivity index (χ2v) is 7.96. The monoisotopic (exact) mass is 526 g/mol. The standard InChI is InChI=1S/C22H34N6O.HI/c1-5-29-14-13-22(11-12-22)16-24-21(23-15-20-27-26-18(3)28(20)4)25-17(2)19-9-7-6-8-10-19;/h6-10,17H,5,11-16H2,1-4H3,(H2,23,24,25);1H. The van der Waals surface area contributed by atoms with E-state index in [1.807, 2.05) is 31.5 Å². The average Bonchev–Trinajstić information content (AvgIpc) is 3.44. The Morgan fingerprint density at radius 2 is 2.00 bits per heavy atom. The zero-order valence-corrected chi connectivity index (χ0v) is 20.8. The molecule has 2 N–H and O–H groups in total. The molecule has 1 saturated carbocycles. The van der Waals surface area contributed by atoms with Crippen LogP contribution in [0, 0.1) is 12.3 Å². The summed E-state index contributed by atoms with van der Waals surface area (Å²) in [7, 11) is 1.97. The Morgan fingerprint density at radius 3 is 2.60 bits per heavy atom. The van der Waals surface area contributed by atoms with Gasteiger partial charge in [0.2, 0.25) is 0 Å². The molecule has 1 aromatic heterocycles. The highest BCUT2D eigenvalue weighted by molar-refractivity contribution is 14.0. The van der Waals surface area contributed by atoms with E-state index < -0.39 is 0 Å². The molecule has 2 aromatic rings. The molecule has 1 aliphatic rings. The summed E-state index contributed by atoms with van der Waals surface area (Å²) in [6.07, 6.45) is 3.59. The van der Waals surface area contributed by atoms with Crippen molar-refractivity contribution in [1.82, 2.24) is 25.4 Å². The van der Waals surface area contributed by atoms with Crippen LogP contribution in [0.4, 0.5) is 0 Å². The van der Waals surface area contributed by atoms with Crippen LogP contribution in [0.3, 0.4) is 0 Å². The molecule has 0 spiro atoms. The topological polar surface area (TPSA) is 76.4 Å². The van der Waals surface area contributed by atoms with Gasteiger partial charge in [-0.05, 0) is 51.0 Å². The van der Waals surface area contributed by atoms with E-state index in [2.05, 4.69) is 52.0 Å². The van der Waals surface area contributed by atoms with E-state index in [0.29, 0.717) is 12.0 Å². The molecule has 3 rings (SSSR count). The zero-order valence-electron chi connectivity index (χ0n) is 18.5. The molecular formula is C22H35IN6O. The Bertz CT molecular complexity index is 803. The van der Waals surface area contributed by atoms with Crippen molar-refractivity contribution in [3.8, 4) is 0 Å². The lowest BCUT2D eigenvalue weighted by molar-refractivity contribution is 0.128. The highest BCUT2D eigenvalue weighted by Gasteiger charge is 2.42. The summed E-state index contributed by atoms with van der Waals surface area (Å²) < 4.78 is 7.55. The number of aromatic nitrogens is 3. The van der Waals surface area contributed by atoms with Gasteiger partial charge < -0.3 is 19.9 Å². The molecule has 0 bridgehead atoms. The normalized spacial score (nSPS) is 15.9. The molecule has 1 heterocycles. The molecule has 1 aliphatic carbocycles. The van der Waals surface area contributed by atoms with Crippen molar-refractivity contribution < 1.29 is 4.74 Å². The smallest absolute Gasteiger partial charge is 0.192 e. The van der Waals surface area contributed by atoms with Gasteiger partial charge in [0, 0.05) is 26.8 Å². The third-order valence-electron chi connectivity index (χ3n) is 5.78. The fourth-order valence-electron chi connectivity index (χ4n) is 3.32.